The molecule has 3 aromatic carbocycles. The van der Waals surface area contributed by atoms with Gasteiger partial charge >= 0.3 is 5.97 Å². The fourth-order valence-electron chi connectivity index (χ4n) is 5.18. The Morgan fingerprint density at radius 2 is 1.89 bits per heavy atom. The van der Waals surface area contributed by atoms with Gasteiger partial charge in [-0.2, -0.15) is 0 Å². The van der Waals surface area contributed by atoms with Crippen LogP contribution in [0.1, 0.15) is 32.3 Å². The summed E-state index contributed by atoms with van der Waals surface area (Å²) >= 11 is 0. The van der Waals surface area contributed by atoms with E-state index < -0.39 is 0 Å². The highest BCUT2D eigenvalue weighted by Crippen LogP contribution is 2.39. The molecule has 0 N–H and O–H groups in total. The zero-order chi connectivity index (χ0) is 25.9. The number of rotatable bonds is 6. The minimum atomic E-state index is -0.272. The zero-order valence-electron chi connectivity index (χ0n) is 21.5. The van der Waals surface area contributed by atoms with Crippen LogP contribution in [-0.4, -0.2) is 43.6 Å². The van der Waals surface area contributed by atoms with Crippen molar-refractivity contribution in [2.24, 2.45) is 5.92 Å². The molecule has 1 amide bonds. The number of benzene rings is 3. The number of carbonyl (C=O) groups excluding carboxylic acids is 2. The van der Waals surface area contributed by atoms with Gasteiger partial charge in [0.05, 0.1) is 25.9 Å². The first-order valence-corrected chi connectivity index (χ1v) is 12.7. The third-order valence-corrected chi connectivity index (χ3v) is 7.09. The van der Waals surface area contributed by atoms with Crippen LogP contribution in [0.25, 0.3) is 38.4 Å². The van der Waals surface area contributed by atoms with E-state index in [1.54, 1.807) is 31.3 Å². The molecule has 6 nitrogen and oxygen atoms in total. The Kier molecular flexibility index (Phi) is 6.99. The second kappa shape index (κ2) is 10.5. The second-order valence-electron chi connectivity index (χ2n) is 9.43. The molecule has 0 radical (unpaired) electrons. The molecule has 4 aromatic rings. The molecule has 190 valence electrons. The quantitative estimate of drug-likeness (QED) is 0.226. The lowest BCUT2D eigenvalue weighted by atomic mass is 9.95. The molecule has 1 atom stereocenters. The highest BCUT2D eigenvalue weighted by atomic mass is 16.5. The van der Waals surface area contributed by atoms with Gasteiger partial charge in [-0.15, -0.1) is 0 Å². The van der Waals surface area contributed by atoms with E-state index in [1.807, 2.05) is 37.3 Å². The Morgan fingerprint density at radius 3 is 2.70 bits per heavy atom. The summed E-state index contributed by atoms with van der Waals surface area (Å²) in [7, 11) is 1.61. The predicted molar refractivity (Wildman–Crippen MR) is 145 cm³/mol. The summed E-state index contributed by atoms with van der Waals surface area (Å²) in [6.07, 6.45) is 4.94. The maximum Gasteiger partial charge on any atom is 0.310 e. The fourth-order valence-corrected chi connectivity index (χ4v) is 5.18. The number of methoxy groups -OCH3 is 1. The van der Waals surface area contributed by atoms with E-state index in [0.29, 0.717) is 25.4 Å². The van der Waals surface area contributed by atoms with Crippen molar-refractivity contribution >= 4 is 39.2 Å². The largest absolute Gasteiger partial charge is 0.496 e. The lowest BCUT2D eigenvalue weighted by Gasteiger charge is -2.31. The van der Waals surface area contributed by atoms with Crippen molar-refractivity contribution in [1.29, 1.82) is 0 Å². The third kappa shape index (κ3) is 4.84. The lowest BCUT2D eigenvalue weighted by molar-refractivity contribution is -0.150. The lowest BCUT2D eigenvalue weighted by Crippen LogP contribution is -2.42. The Hall–Kier alpha value is -4.06. The van der Waals surface area contributed by atoms with Gasteiger partial charge in [0.1, 0.15) is 11.3 Å². The number of allylic oxidation sites excluding steroid dienone is 1. The van der Waals surface area contributed by atoms with Gasteiger partial charge in [-0.1, -0.05) is 42.5 Å². The van der Waals surface area contributed by atoms with Gasteiger partial charge in [-0.25, -0.2) is 0 Å². The van der Waals surface area contributed by atoms with Gasteiger partial charge in [-0.3, -0.25) is 9.59 Å². The molecular formula is C31H31NO5. The van der Waals surface area contributed by atoms with Gasteiger partial charge in [0.15, 0.2) is 0 Å². The molecule has 1 fully saturated rings. The average molecular weight is 498 g/mol. The number of likely N-dealkylation sites (tertiary alicyclic amines) is 1. The number of ether oxygens (including phenoxy) is 2. The molecule has 5 rings (SSSR count). The minimum Gasteiger partial charge on any atom is -0.496 e. The van der Waals surface area contributed by atoms with Crippen LogP contribution in [0.5, 0.6) is 5.75 Å². The molecule has 1 aliphatic heterocycles. The maximum absolute atomic E-state index is 13.2. The summed E-state index contributed by atoms with van der Waals surface area (Å²) in [4.78, 5) is 27.2. The number of nitrogens with zero attached hydrogens (tertiary/aromatic N) is 1. The Labute approximate surface area is 216 Å². The van der Waals surface area contributed by atoms with Crippen molar-refractivity contribution in [3.05, 3.63) is 72.5 Å². The first-order chi connectivity index (χ1) is 18.0. The maximum atomic E-state index is 13.2. The monoisotopic (exact) mass is 497 g/mol. The smallest absolute Gasteiger partial charge is 0.310 e. The molecule has 1 saturated heterocycles. The molecule has 0 aliphatic carbocycles. The summed E-state index contributed by atoms with van der Waals surface area (Å²) in [6.45, 7) is 5.06. The van der Waals surface area contributed by atoms with Crippen LogP contribution in [0.3, 0.4) is 0 Å². The van der Waals surface area contributed by atoms with E-state index in [2.05, 4.69) is 24.3 Å². The third-order valence-electron chi connectivity index (χ3n) is 7.09. The number of amides is 1. The van der Waals surface area contributed by atoms with Crippen molar-refractivity contribution in [2.45, 2.75) is 26.7 Å². The van der Waals surface area contributed by atoms with Crippen molar-refractivity contribution < 1.29 is 23.5 Å². The molecule has 1 unspecified atom stereocenters. The van der Waals surface area contributed by atoms with Gasteiger partial charge in [-0.05, 0) is 54.7 Å². The Bertz CT molecular complexity index is 1490. The van der Waals surface area contributed by atoms with E-state index in [4.69, 9.17) is 13.9 Å². The number of hydrogen-bond acceptors (Lipinski definition) is 5. The number of hydrogen-bond donors (Lipinski definition) is 0. The first kappa shape index (κ1) is 24.6. The molecule has 0 spiro atoms. The molecule has 2 heterocycles. The second-order valence-corrected chi connectivity index (χ2v) is 9.43. The standard InChI is InChI=1S/C31H31NO5/c1-4-36-31(34)22-11-8-14-32(18-22)30(33)15-20(2)25-16-26-27(19-37-29(26)17-28(25)35-3)24-13-7-10-21-9-5-6-12-23(21)24/h5-7,9-10,12-13,15-17,19,22H,4,8,11,14,18H2,1-3H3/b20-15+. The van der Waals surface area contributed by atoms with Gasteiger partial charge in [0.2, 0.25) is 5.91 Å². The molecule has 1 aromatic heterocycles. The molecule has 0 bridgehead atoms. The van der Waals surface area contributed by atoms with Crippen LogP contribution in [0.4, 0.5) is 0 Å². The van der Waals surface area contributed by atoms with E-state index >= 15 is 0 Å². The average Bonchev–Trinajstić information content (AvgIpc) is 3.34. The topological polar surface area (TPSA) is 69.0 Å². The highest BCUT2D eigenvalue weighted by Gasteiger charge is 2.29. The molecular weight excluding hydrogens is 466 g/mol. The van der Waals surface area contributed by atoms with Crippen molar-refractivity contribution in [1.82, 2.24) is 4.90 Å². The fraction of sp³-hybridized carbons (Fsp3) is 0.290. The number of piperidine rings is 1. The zero-order valence-corrected chi connectivity index (χ0v) is 21.5. The minimum absolute atomic E-state index is 0.116. The van der Waals surface area contributed by atoms with Crippen LogP contribution >= 0.6 is 0 Å². The number of furan rings is 1. The summed E-state index contributed by atoms with van der Waals surface area (Å²) in [5, 5.41) is 3.26. The van der Waals surface area contributed by atoms with E-state index in [1.165, 1.54) is 0 Å². The van der Waals surface area contributed by atoms with Gasteiger partial charge < -0.3 is 18.8 Å². The van der Waals surface area contributed by atoms with Crippen molar-refractivity contribution in [2.75, 3.05) is 26.8 Å². The van der Waals surface area contributed by atoms with Crippen molar-refractivity contribution in [3.63, 3.8) is 0 Å². The molecule has 37 heavy (non-hydrogen) atoms. The predicted octanol–water partition coefficient (Wildman–Crippen LogP) is 6.47. The summed E-state index contributed by atoms with van der Waals surface area (Å²) in [5.41, 5.74) is 4.40. The van der Waals surface area contributed by atoms with E-state index in [-0.39, 0.29) is 17.8 Å². The van der Waals surface area contributed by atoms with E-state index in [0.717, 1.165) is 56.8 Å². The molecule has 6 heteroatoms. The summed E-state index contributed by atoms with van der Waals surface area (Å²) < 4.78 is 16.8. The van der Waals surface area contributed by atoms with Crippen LogP contribution in [0.2, 0.25) is 0 Å². The van der Waals surface area contributed by atoms with E-state index in [9.17, 15) is 9.59 Å². The normalized spacial score (nSPS) is 16.2. The van der Waals surface area contributed by atoms with Crippen LogP contribution < -0.4 is 4.74 Å². The number of esters is 1. The number of carbonyl (C=O) groups is 2. The van der Waals surface area contributed by atoms with Crippen LogP contribution in [0.15, 0.2) is 71.4 Å². The Morgan fingerprint density at radius 1 is 1.08 bits per heavy atom. The number of fused-ring (bicyclic) bond motifs is 2. The SMILES string of the molecule is CCOC(=O)C1CCCN(C(=O)/C=C(\C)c2cc3c(-c4cccc5ccccc45)coc3cc2OC)C1. The first-order valence-electron chi connectivity index (χ1n) is 12.7. The van der Waals surface area contributed by atoms with Gasteiger partial charge in [0.25, 0.3) is 0 Å². The molecule has 1 aliphatic rings. The van der Waals surface area contributed by atoms with Crippen LogP contribution in [-0.2, 0) is 14.3 Å². The molecule has 0 saturated carbocycles. The van der Waals surface area contributed by atoms with Gasteiger partial charge in [0, 0.05) is 41.7 Å². The van der Waals surface area contributed by atoms with Crippen LogP contribution in [0, 0.1) is 5.92 Å². The summed E-state index contributed by atoms with van der Waals surface area (Å²) in [6, 6.07) is 18.4. The Balaban J connectivity index is 1.50. The summed E-state index contributed by atoms with van der Waals surface area (Å²) in [5.74, 6) is 0.0196. The van der Waals surface area contributed by atoms with Crippen molar-refractivity contribution in [3.8, 4) is 16.9 Å². The highest BCUT2D eigenvalue weighted by molar-refractivity contribution is 6.06.